The maximum absolute atomic E-state index is 11.8. The van der Waals surface area contributed by atoms with Crippen molar-refractivity contribution in [2.45, 2.75) is 72.0 Å². The number of ether oxygens (including phenoxy) is 1. The van der Waals surface area contributed by atoms with Crippen LogP contribution in [0.25, 0.3) is 11.1 Å². The van der Waals surface area contributed by atoms with Gasteiger partial charge in [-0.1, -0.05) is 39.0 Å². The standard InChI is InChI=1S/C28H37N3O3/c1-5-34-26-14-9-22(21-8-6-7-20(15-21)17-29)16-23(26)18-30-24-10-12-25(13-11-24)31(27(32)33)19-28(2,3)4/h6-9,14-16,24-25,30H,5,10-13,18-19H2,1-4H3,(H,32,33). The van der Waals surface area contributed by atoms with Gasteiger partial charge in [-0.25, -0.2) is 4.79 Å². The second-order valence-electron chi connectivity index (χ2n) is 10.3. The van der Waals surface area contributed by atoms with Gasteiger partial charge in [-0.15, -0.1) is 0 Å². The normalized spacial score (nSPS) is 18.2. The van der Waals surface area contributed by atoms with E-state index in [1.807, 2.05) is 43.3 Å². The van der Waals surface area contributed by atoms with Gasteiger partial charge in [0.05, 0.1) is 18.2 Å². The fraction of sp³-hybridized carbons (Fsp3) is 0.500. The smallest absolute Gasteiger partial charge is 0.407 e. The summed E-state index contributed by atoms with van der Waals surface area (Å²) < 4.78 is 5.87. The van der Waals surface area contributed by atoms with E-state index in [1.54, 1.807) is 4.90 Å². The zero-order chi connectivity index (χ0) is 24.7. The molecule has 1 saturated carbocycles. The van der Waals surface area contributed by atoms with Crippen LogP contribution in [0.2, 0.25) is 0 Å². The lowest BCUT2D eigenvalue weighted by atomic mass is 9.88. The van der Waals surface area contributed by atoms with Crippen LogP contribution in [-0.4, -0.2) is 41.3 Å². The van der Waals surface area contributed by atoms with E-state index in [9.17, 15) is 15.2 Å². The Balaban J connectivity index is 1.66. The first kappa shape index (κ1) is 25.6. The molecule has 2 aromatic carbocycles. The van der Waals surface area contributed by atoms with Crippen molar-refractivity contribution in [2.24, 2.45) is 5.41 Å². The maximum Gasteiger partial charge on any atom is 0.407 e. The molecule has 1 aliphatic carbocycles. The van der Waals surface area contributed by atoms with Crippen LogP contribution in [0, 0.1) is 16.7 Å². The van der Waals surface area contributed by atoms with Gasteiger partial charge in [-0.3, -0.25) is 0 Å². The summed E-state index contributed by atoms with van der Waals surface area (Å²) in [7, 11) is 0. The van der Waals surface area contributed by atoms with E-state index in [2.05, 4.69) is 38.2 Å². The lowest BCUT2D eigenvalue weighted by Crippen LogP contribution is -2.47. The molecular weight excluding hydrogens is 426 g/mol. The van der Waals surface area contributed by atoms with Crippen molar-refractivity contribution in [3.05, 3.63) is 53.6 Å². The predicted molar refractivity (Wildman–Crippen MR) is 135 cm³/mol. The van der Waals surface area contributed by atoms with E-state index in [1.165, 1.54) is 0 Å². The third-order valence-corrected chi connectivity index (χ3v) is 6.29. The van der Waals surface area contributed by atoms with Crippen LogP contribution in [0.4, 0.5) is 4.79 Å². The number of amides is 1. The van der Waals surface area contributed by atoms with Crippen LogP contribution in [0.5, 0.6) is 5.75 Å². The molecule has 0 aromatic heterocycles. The molecule has 0 bridgehead atoms. The van der Waals surface area contributed by atoms with Crippen LogP contribution < -0.4 is 10.1 Å². The van der Waals surface area contributed by atoms with E-state index >= 15 is 0 Å². The highest BCUT2D eigenvalue weighted by molar-refractivity contribution is 5.67. The molecule has 1 fully saturated rings. The molecule has 1 aliphatic rings. The highest BCUT2D eigenvalue weighted by Crippen LogP contribution is 2.30. The minimum Gasteiger partial charge on any atom is -0.494 e. The number of rotatable bonds is 8. The number of hydrogen-bond donors (Lipinski definition) is 2. The van der Waals surface area contributed by atoms with Gasteiger partial charge in [0.15, 0.2) is 0 Å². The monoisotopic (exact) mass is 463 g/mol. The highest BCUT2D eigenvalue weighted by atomic mass is 16.5. The van der Waals surface area contributed by atoms with E-state index in [4.69, 9.17) is 4.74 Å². The Morgan fingerprint density at radius 1 is 1.15 bits per heavy atom. The molecule has 34 heavy (non-hydrogen) atoms. The van der Waals surface area contributed by atoms with Gasteiger partial charge < -0.3 is 20.1 Å². The number of carboxylic acid groups (broad SMARTS) is 1. The van der Waals surface area contributed by atoms with E-state index in [0.717, 1.165) is 48.1 Å². The van der Waals surface area contributed by atoms with Crippen LogP contribution in [-0.2, 0) is 6.54 Å². The molecule has 182 valence electrons. The second kappa shape index (κ2) is 11.4. The first-order chi connectivity index (χ1) is 16.2. The Labute approximate surface area is 203 Å². The quantitative estimate of drug-likeness (QED) is 0.498. The molecule has 0 saturated heterocycles. The summed E-state index contributed by atoms with van der Waals surface area (Å²) in [5.41, 5.74) is 3.74. The summed E-state index contributed by atoms with van der Waals surface area (Å²) in [6, 6.07) is 16.4. The van der Waals surface area contributed by atoms with Crippen molar-refractivity contribution in [1.82, 2.24) is 10.2 Å². The molecule has 0 spiro atoms. The molecule has 2 aromatic rings. The molecule has 0 heterocycles. The summed E-state index contributed by atoms with van der Waals surface area (Å²) in [6.45, 7) is 10.1. The Kier molecular flexibility index (Phi) is 8.57. The van der Waals surface area contributed by atoms with Crippen LogP contribution in [0.3, 0.4) is 0 Å². The van der Waals surface area contributed by atoms with Gasteiger partial charge in [0.1, 0.15) is 5.75 Å². The molecule has 6 nitrogen and oxygen atoms in total. The number of nitrogens with one attached hydrogen (secondary N) is 1. The van der Waals surface area contributed by atoms with Gasteiger partial charge in [0.25, 0.3) is 0 Å². The number of nitriles is 1. The molecule has 3 rings (SSSR count). The van der Waals surface area contributed by atoms with E-state index in [0.29, 0.717) is 31.3 Å². The Bertz CT molecular complexity index is 1010. The zero-order valence-electron chi connectivity index (χ0n) is 20.8. The fourth-order valence-corrected chi connectivity index (χ4v) is 4.67. The average molecular weight is 464 g/mol. The van der Waals surface area contributed by atoms with Gasteiger partial charge in [-0.2, -0.15) is 5.26 Å². The number of nitrogens with zero attached hydrogens (tertiary/aromatic N) is 2. The molecule has 1 amide bonds. The van der Waals surface area contributed by atoms with Crippen molar-refractivity contribution in [3.8, 4) is 22.9 Å². The van der Waals surface area contributed by atoms with E-state index < -0.39 is 6.09 Å². The first-order valence-corrected chi connectivity index (χ1v) is 12.2. The minimum absolute atomic E-state index is 0.0546. The topological polar surface area (TPSA) is 85.6 Å². The van der Waals surface area contributed by atoms with Crippen LogP contribution in [0.15, 0.2) is 42.5 Å². The predicted octanol–water partition coefficient (Wildman–Crippen LogP) is 6.05. The maximum atomic E-state index is 11.8. The third-order valence-electron chi connectivity index (χ3n) is 6.29. The number of carbonyl (C=O) groups is 1. The summed E-state index contributed by atoms with van der Waals surface area (Å²) in [5, 5.41) is 22.6. The molecule has 2 N–H and O–H groups in total. The van der Waals surface area contributed by atoms with Crippen molar-refractivity contribution in [1.29, 1.82) is 5.26 Å². The zero-order valence-corrected chi connectivity index (χ0v) is 20.8. The Hall–Kier alpha value is -3.04. The average Bonchev–Trinajstić information content (AvgIpc) is 2.82. The van der Waals surface area contributed by atoms with Gasteiger partial charge in [0, 0.05) is 30.7 Å². The van der Waals surface area contributed by atoms with Gasteiger partial charge >= 0.3 is 6.09 Å². The van der Waals surface area contributed by atoms with Crippen molar-refractivity contribution < 1.29 is 14.6 Å². The second-order valence-corrected chi connectivity index (χ2v) is 10.3. The molecular formula is C28H37N3O3. The first-order valence-electron chi connectivity index (χ1n) is 12.2. The summed E-state index contributed by atoms with van der Waals surface area (Å²) in [6.07, 6.45) is 2.84. The van der Waals surface area contributed by atoms with Crippen molar-refractivity contribution in [2.75, 3.05) is 13.2 Å². The molecule has 0 unspecified atom stereocenters. The lowest BCUT2D eigenvalue weighted by molar-refractivity contribution is 0.0847. The Morgan fingerprint density at radius 3 is 2.47 bits per heavy atom. The molecule has 0 atom stereocenters. The fourth-order valence-electron chi connectivity index (χ4n) is 4.67. The van der Waals surface area contributed by atoms with Crippen molar-refractivity contribution in [3.63, 3.8) is 0 Å². The van der Waals surface area contributed by atoms with Crippen LogP contribution >= 0.6 is 0 Å². The molecule has 0 aliphatic heterocycles. The Morgan fingerprint density at radius 2 is 1.85 bits per heavy atom. The summed E-state index contributed by atoms with van der Waals surface area (Å²) >= 11 is 0. The van der Waals surface area contributed by atoms with E-state index in [-0.39, 0.29) is 11.5 Å². The minimum atomic E-state index is -0.815. The lowest BCUT2D eigenvalue weighted by Gasteiger charge is -2.38. The molecule has 0 radical (unpaired) electrons. The van der Waals surface area contributed by atoms with Gasteiger partial charge in [-0.05, 0) is 73.4 Å². The summed E-state index contributed by atoms with van der Waals surface area (Å²) in [4.78, 5) is 13.5. The number of benzene rings is 2. The summed E-state index contributed by atoms with van der Waals surface area (Å²) in [5.74, 6) is 0.867. The molecule has 6 heteroatoms. The van der Waals surface area contributed by atoms with Gasteiger partial charge in [0.2, 0.25) is 0 Å². The SMILES string of the molecule is CCOc1ccc(-c2cccc(C#N)c2)cc1CNC1CCC(N(CC(C)(C)C)C(=O)O)CC1. The number of hydrogen-bond acceptors (Lipinski definition) is 4. The highest BCUT2D eigenvalue weighted by Gasteiger charge is 2.31. The third kappa shape index (κ3) is 6.98. The van der Waals surface area contributed by atoms with Crippen LogP contribution in [0.1, 0.15) is 64.5 Å². The van der Waals surface area contributed by atoms with Crippen molar-refractivity contribution >= 4 is 6.09 Å². The largest absolute Gasteiger partial charge is 0.494 e.